The lowest BCUT2D eigenvalue weighted by Gasteiger charge is -2.20. The molecule has 1 aliphatic rings. The second-order valence-corrected chi connectivity index (χ2v) is 5.99. The first kappa shape index (κ1) is 14.8. The minimum atomic E-state index is 0.0474. The predicted molar refractivity (Wildman–Crippen MR) is 82.7 cm³/mol. The van der Waals surface area contributed by atoms with Crippen molar-refractivity contribution in [3.05, 3.63) is 41.4 Å². The van der Waals surface area contributed by atoms with Gasteiger partial charge < -0.3 is 18.8 Å². The predicted octanol–water partition coefficient (Wildman–Crippen LogP) is 1.54. The molecule has 1 aliphatic heterocycles. The summed E-state index contributed by atoms with van der Waals surface area (Å²) in [6.07, 6.45) is 4.31. The average molecular weight is 302 g/mol. The molecule has 0 radical (unpaired) electrons. The molecule has 0 saturated heterocycles. The molecule has 0 N–H and O–H groups in total. The molecule has 1 amide bonds. The van der Waals surface area contributed by atoms with E-state index in [4.69, 9.17) is 4.42 Å². The van der Waals surface area contributed by atoms with Gasteiger partial charge >= 0.3 is 0 Å². The quantitative estimate of drug-likeness (QED) is 0.863. The highest BCUT2D eigenvalue weighted by molar-refractivity contribution is 5.95. The maximum atomic E-state index is 12.6. The number of hydrogen-bond donors (Lipinski definition) is 0. The van der Waals surface area contributed by atoms with Crippen LogP contribution in [0.4, 0.5) is 0 Å². The standard InChI is InChI=1S/C16H22N4O2/c1-12-14(5-9-22-12)16(21)19-6-4-15-17-10-13(11-18(2)3)20(15)8-7-19/h5,9-10H,4,6-8,11H2,1-3H3. The molecular weight excluding hydrogens is 280 g/mol. The zero-order valence-corrected chi connectivity index (χ0v) is 13.4. The smallest absolute Gasteiger partial charge is 0.257 e. The van der Waals surface area contributed by atoms with Gasteiger partial charge in [-0.2, -0.15) is 0 Å². The fourth-order valence-corrected chi connectivity index (χ4v) is 2.92. The first-order valence-corrected chi connectivity index (χ1v) is 7.57. The summed E-state index contributed by atoms with van der Waals surface area (Å²) in [5, 5.41) is 0. The van der Waals surface area contributed by atoms with Gasteiger partial charge in [-0.25, -0.2) is 4.98 Å². The second kappa shape index (κ2) is 5.96. The van der Waals surface area contributed by atoms with E-state index in [1.165, 1.54) is 5.69 Å². The van der Waals surface area contributed by atoms with Gasteiger partial charge in [0.1, 0.15) is 11.6 Å². The van der Waals surface area contributed by atoms with Gasteiger partial charge in [-0.3, -0.25) is 4.79 Å². The third kappa shape index (κ3) is 2.78. The van der Waals surface area contributed by atoms with E-state index in [1.54, 1.807) is 12.3 Å². The fourth-order valence-electron chi connectivity index (χ4n) is 2.92. The summed E-state index contributed by atoms with van der Waals surface area (Å²) in [4.78, 5) is 21.1. The molecule has 6 nitrogen and oxygen atoms in total. The highest BCUT2D eigenvalue weighted by Gasteiger charge is 2.23. The maximum absolute atomic E-state index is 12.6. The van der Waals surface area contributed by atoms with Crippen LogP contribution >= 0.6 is 0 Å². The highest BCUT2D eigenvalue weighted by atomic mass is 16.3. The minimum absolute atomic E-state index is 0.0474. The first-order valence-electron chi connectivity index (χ1n) is 7.57. The first-order chi connectivity index (χ1) is 10.6. The van der Waals surface area contributed by atoms with Crippen LogP contribution in [-0.4, -0.2) is 52.4 Å². The fraction of sp³-hybridized carbons (Fsp3) is 0.500. The van der Waals surface area contributed by atoms with E-state index in [2.05, 4.69) is 14.5 Å². The van der Waals surface area contributed by atoms with Gasteiger partial charge in [-0.15, -0.1) is 0 Å². The number of nitrogens with zero attached hydrogens (tertiary/aromatic N) is 4. The van der Waals surface area contributed by atoms with E-state index >= 15 is 0 Å². The number of amides is 1. The van der Waals surface area contributed by atoms with E-state index in [9.17, 15) is 4.79 Å². The Labute approximate surface area is 130 Å². The number of hydrogen-bond acceptors (Lipinski definition) is 4. The number of furan rings is 1. The molecule has 0 atom stereocenters. The van der Waals surface area contributed by atoms with Crippen molar-refractivity contribution in [3.8, 4) is 0 Å². The van der Waals surface area contributed by atoms with Crippen LogP contribution in [0.2, 0.25) is 0 Å². The summed E-state index contributed by atoms with van der Waals surface area (Å²) >= 11 is 0. The molecule has 118 valence electrons. The molecule has 0 unspecified atom stereocenters. The van der Waals surface area contributed by atoms with Gasteiger partial charge in [0.05, 0.1) is 17.5 Å². The normalized spacial score (nSPS) is 15.0. The van der Waals surface area contributed by atoms with Gasteiger partial charge in [0.2, 0.25) is 0 Å². The lowest BCUT2D eigenvalue weighted by molar-refractivity contribution is 0.0757. The molecular formula is C16H22N4O2. The number of carbonyl (C=O) groups excluding carboxylic acids is 1. The van der Waals surface area contributed by atoms with Crippen LogP contribution in [0.5, 0.6) is 0 Å². The van der Waals surface area contributed by atoms with E-state index in [-0.39, 0.29) is 5.91 Å². The number of imidazole rings is 1. The van der Waals surface area contributed by atoms with Crippen LogP contribution < -0.4 is 0 Å². The summed E-state index contributed by atoms with van der Waals surface area (Å²) in [6, 6.07) is 1.75. The molecule has 2 aromatic heterocycles. The Bertz CT molecular complexity index is 671. The lowest BCUT2D eigenvalue weighted by atomic mass is 10.2. The number of aromatic nitrogens is 2. The number of fused-ring (bicyclic) bond motifs is 1. The number of aryl methyl sites for hydroxylation is 1. The minimum Gasteiger partial charge on any atom is -0.469 e. The zero-order chi connectivity index (χ0) is 15.7. The van der Waals surface area contributed by atoms with Crippen molar-refractivity contribution >= 4 is 5.91 Å². The monoisotopic (exact) mass is 302 g/mol. The van der Waals surface area contributed by atoms with E-state index < -0.39 is 0 Å². The van der Waals surface area contributed by atoms with Gasteiger partial charge in [-0.05, 0) is 27.1 Å². The Morgan fingerprint density at radius 1 is 1.36 bits per heavy atom. The van der Waals surface area contributed by atoms with Gasteiger partial charge in [-0.1, -0.05) is 0 Å². The Balaban J connectivity index is 1.75. The van der Waals surface area contributed by atoms with Crippen LogP contribution in [0.15, 0.2) is 22.9 Å². The third-order valence-electron chi connectivity index (χ3n) is 4.07. The molecule has 0 bridgehead atoms. The van der Waals surface area contributed by atoms with E-state index in [0.29, 0.717) is 24.4 Å². The SMILES string of the molecule is Cc1occc1C(=O)N1CCc2ncc(CN(C)C)n2CC1. The average Bonchev–Trinajstić information content (AvgIpc) is 2.98. The van der Waals surface area contributed by atoms with Crippen molar-refractivity contribution in [1.82, 2.24) is 19.4 Å². The van der Waals surface area contributed by atoms with Crippen LogP contribution in [0.25, 0.3) is 0 Å². The topological polar surface area (TPSA) is 54.5 Å². The van der Waals surface area contributed by atoms with Crippen LogP contribution in [-0.2, 0) is 19.5 Å². The molecule has 22 heavy (non-hydrogen) atoms. The van der Waals surface area contributed by atoms with Gasteiger partial charge in [0.15, 0.2) is 0 Å². The molecule has 6 heteroatoms. The molecule has 0 aliphatic carbocycles. The summed E-state index contributed by atoms with van der Waals surface area (Å²) in [5.74, 6) is 1.79. The largest absolute Gasteiger partial charge is 0.469 e. The molecule has 2 aromatic rings. The van der Waals surface area contributed by atoms with Crippen molar-refractivity contribution in [2.24, 2.45) is 0 Å². The molecule has 0 aromatic carbocycles. The van der Waals surface area contributed by atoms with Crippen LogP contribution in [0.1, 0.15) is 27.6 Å². The summed E-state index contributed by atoms with van der Waals surface area (Å²) in [6.45, 7) is 4.88. The highest BCUT2D eigenvalue weighted by Crippen LogP contribution is 2.17. The van der Waals surface area contributed by atoms with Crippen molar-refractivity contribution in [2.45, 2.75) is 26.4 Å². The number of carbonyl (C=O) groups is 1. The Morgan fingerprint density at radius 2 is 2.18 bits per heavy atom. The van der Waals surface area contributed by atoms with Crippen molar-refractivity contribution < 1.29 is 9.21 Å². The molecule has 0 spiro atoms. The Hall–Kier alpha value is -2.08. The second-order valence-electron chi connectivity index (χ2n) is 5.99. The van der Waals surface area contributed by atoms with Gasteiger partial charge in [0, 0.05) is 38.8 Å². The van der Waals surface area contributed by atoms with Crippen LogP contribution in [0, 0.1) is 6.92 Å². The summed E-state index contributed by atoms with van der Waals surface area (Å²) in [5.41, 5.74) is 1.86. The lowest BCUT2D eigenvalue weighted by Crippen LogP contribution is -2.34. The molecule has 0 saturated carbocycles. The Kier molecular flexibility index (Phi) is 4.02. The van der Waals surface area contributed by atoms with Gasteiger partial charge in [0.25, 0.3) is 5.91 Å². The summed E-state index contributed by atoms with van der Waals surface area (Å²) < 4.78 is 7.49. The number of rotatable bonds is 3. The van der Waals surface area contributed by atoms with Crippen molar-refractivity contribution in [1.29, 1.82) is 0 Å². The van der Waals surface area contributed by atoms with Crippen molar-refractivity contribution in [2.75, 3.05) is 27.2 Å². The molecule has 3 heterocycles. The maximum Gasteiger partial charge on any atom is 0.257 e. The molecule has 0 fully saturated rings. The van der Waals surface area contributed by atoms with Crippen molar-refractivity contribution in [3.63, 3.8) is 0 Å². The Morgan fingerprint density at radius 3 is 2.86 bits per heavy atom. The zero-order valence-electron chi connectivity index (χ0n) is 13.4. The summed E-state index contributed by atoms with van der Waals surface area (Å²) in [7, 11) is 4.10. The van der Waals surface area contributed by atoms with E-state index in [1.807, 2.05) is 32.1 Å². The molecule has 3 rings (SSSR count). The van der Waals surface area contributed by atoms with Crippen LogP contribution in [0.3, 0.4) is 0 Å². The third-order valence-corrected chi connectivity index (χ3v) is 4.07. The van der Waals surface area contributed by atoms with E-state index in [0.717, 1.165) is 25.3 Å².